The second kappa shape index (κ2) is 9.81. The lowest BCUT2D eigenvalue weighted by atomic mass is 10.1. The summed E-state index contributed by atoms with van der Waals surface area (Å²) >= 11 is 0. The van der Waals surface area contributed by atoms with Gasteiger partial charge in [-0.05, 0) is 53.1 Å². The fraction of sp³-hybridized carbons (Fsp3) is 0.250. The lowest BCUT2D eigenvalue weighted by Gasteiger charge is -2.23. The van der Waals surface area contributed by atoms with Crippen molar-refractivity contribution in [3.8, 4) is 17.2 Å². The molecule has 0 unspecified atom stereocenters. The molecule has 0 saturated heterocycles. The summed E-state index contributed by atoms with van der Waals surface area (Å²) in [7, 11) is 5.07. The number of nitrogens with zero attached hydrogens (tertiary/aromatic N) is 1. The van der Waals surface area contributed by atoms with E-state index in [1.54, 1.807) is 21.3 Å². The summed E-state index contributed by atoms with van der Waals surface area (Å²) in [5.74, 6) is 2.63. The van der Waals surface area contributed by atoms with Gasteiger partial charge in [-0.3, -0.25) is 4.90 Å². The zero-order chi connectivity index (χ0) is 19.8. The van der Waals surface area contributed by atoms with Crippen molar-refractivity contribution in [3.63, 3.8) is 0 Å². The summed E-state index contributed by atoms with van der Waals surface area (Å²) in [4.78, 5) is 2.42. The van der Waals surface area contributed by atoms with Crippen LogP contribution in [0.1, 0.15) is 16.7 Å². The number of benzene rings is 3. The Morgan fingerprint density at radius 2 is 0.714 bits per heavy atom. The number of rotatable bonds is 9. The van der Waals surface area contributed by atoms with E-state index in [4.69, 9.17) is 14.2 Å². The molecule has 3 aromatic rings. The van der Waals surface area contributed by atoms with E-state index in [1.807, 2.05) is 36.4 Å². The topological polar surface area (TPSA) is 30.9 Å². The molecule has 0 aliphatic heterocycles. The molecule has 0 N–H and O–H groups in total. The van der Waals surface area contributed by atoms with Gasteiger partial charge in [0.05, 0.1) is 21.3 Å². The molecule has 4 nitrogen and oxygen atoms in total. The molecule has 146 valence electrons. The Kier molecular flexibility index (Phi) is 6.93. The van der Waals surface area contributed by atoms with Crippen molar-refractivity contribution in [3.05, 3.63) is 89.5 Å². The van der Waals surface area contributed by atoms with Gasteiger partial charge in [-0.25, -0.2) is 0 Å². The minimum absolute atomic E-state index is 0.849. The van der Waals surface area contributed by atoms with E-state index >= 15 is 0 Å². The maximum atomic E-state index is 5.27. The SMILES string of the molecule is COc1ccc(CN(Cc2ccc(OC)cc2)Cc2ccc(OC)cc2)cc1. The maximum Gasteiger partial charge on any atom is 0.118 e. The van der Waals surface area contributed by atoms with Crippen LogP contribution in [-0.2, 0) is 19.6 Å². The first-order chi connectivity index (χ1) is 13.7. The monoisotopic (exact) mass is 377 g/mol. The zero-order valence-electron chi connectivity index (χ0n) is 16.7. The van der Waals surface area contributed by atoms with E-state index in [9.17, 15) is 0 Å². The van der Waals surface area contributed by atoms with Crippen LogP contribution in [0.25, 0.3) is 0 Å². The number of ether oxygens (including phenoxy) is 3. The second-order valence-electron chi connectivity index (χ2n) is 6.69. The van der Waals surface area contributed by atoms with Crippen molar-refractivity contribution in [1.29, 1.82) is 0 Å². The molecule has 0 bridgehead atoms. The second-order valence-corrected chi connectivity index (χ2v) is 6.69. The van der Waals surface area contributed by atoms with Crippen LogP contribution in [0.4, 0.5) is 0 Å². The first-order valence-electron chi connectivity index (χ1n) is 9.31. The quantitative estimate of drug-likeness (QED) is 0.530. The highest BCUT2D eigenvalue weighted by atomic mass is 16.5. The summed E-state index contributed by atoms with van der Waals surface area (Å²) in [6, 6.07) is 24.8. The van der Waals surface area contributed by atoms with Gasteiger partial charge >= 0.3 is 0 Å². The summed E-state index contributed by atoms with van der Waals surface area (Å²) in [5.41, 5.74) is 3.76. The lowest BCUT2D eigenvalue weighted by Crippen LogP contribution is -2.22. The largest absolute Gasteiger partial charge is 0.497 e. The van der Waals surface area contributed by atoms with Gasteiger partial charge in [0.1, 0.15) is 17.2 Å². The minimum atomic E-state index is 0.849. The van der Waals surface area contributed by atoms with Gasteiger partial charge < -0.3 is 14.2 Å². The Morgan fingerprint density at radius 3 is 0.929 bits per heavy atom. The molecule has 0 aliphatic rings. The highest BCUT2D eigenvalue weighted by molar-refractivity contribution is 5.30. The van der Waals surface area contributed by atoms with Crippen molar-refractivity contribution in [2.75, 3.05) is 21.3 Å². The Bertz CT molecular complexity index is 725. The highest BCUT2D eigenvalue weighted by Gasteiger charge is 2.09. The molecular formula is C24H27NO3. The lowest BCUT2D eigenvalue weighted by molar-refractivity contribution is 0.247. The van der Waals surface area contributed by atoms with Gasteiger partial charge in [0, 0.05) is 19.6 Å². The maximum absolute atomic E-state index is 5.27. The number of hydrogen-bond acceptors (Lipinski definition) is 4. The molecule has 0 aromatic heterocycles. The van der Waals surface area contributed by atoms with Crippen LogP contribution < -0.4 is 14.2 Å². The van der Waals surface area contributed by atoms with Crippen molar-refractivity contribution < 1.29 is 14.2 Å². The third kappa shape index (κ3) is 5.51. The van der Waals surface area contributed by atoms with Gasteiger partial charge in [-0.15, -0.1) is 0 Å². The molecular weight excluding hydrogens is 350 g/mol. The van der Waals surface area contributed by atoms with Crippen LogP contribution in [0.5, 0.6) is 17.2 Å². The van der Waals surface area contributed by atoms with E-state index < -0.39 is 0 Å². The molecule has 28 heavy (non-hydrogen) atoms. The summed E-state index contributed by atoms with van der Waals surface area (Å²) in [6.07, 6.45) is 0. The Hall–Kier alpha value is -2.98. The molecule has 0 spiro atoms. The van der Waals surface area contributed by atoms with Gasteiger partial charge in [0.2, 0.25) is 0 Å². The fourth-order valence-electron chi connectivity index (χ4n) is 3.14. The Morgan fingerprint density at radius 1 is 0.464 bits per heavy atom. The van der Waals surface area contributed by atoms with Gasteiger partial charge in [0.25, 0.3) is 0 Å². The average molecular weight is 377 g/mol. The average Bonchev–Trinajstić information content (AvgIpc) is 2.75. The third-order valence-electron chi connectivity index (χ3n) is 4.70. The molecule has 0 saturated carbocycles. The van der Waals surface area contributed by atoms with E-state index in [0.29, 0.717) is 0 Å². The highest BCUT2D eigenvalue weighted by Crippen LogP contribution is 2.20. The first-order valence-corrected chi connectivity index (χ1v) is 9.31. The molecule has 0 atom stereocenters. The van der Waals surface area contributed by atoms with Gasteiger partial charge in [0.15, 0.2) is 0 Å². The standard InChI is InChI=1S/C24H27NO3/c1-26-22-10-4-19(5-11-22)16-25(17-20-6-12-23(27-2)13-7-20)18-21-8-14-24(28-3)15-9-21/h4-15H,16-18H2,1-3H3. The van der Waals surface area contributed by atoms with Crippen LogP contribution in [0.15, 0.2) is 72.8 Å². The smallest absolute Gasteiger partial charge is 0.118 e. The molecule has 0 heterocycles. The summed E-state index contributed by atoms with van der Waals surface area (Å²) in [5, 5.41) is 0. The molecule has 0 amide bonds. The van der Waals surface area contributed by atoms with Gasteiger partial charge in [-0.2, -0.15) is 0 Å². The molecule has 3 rings (SSSR count). The van der Waals surface area contributed by atoms with Crippen molar-refractivity contribution in [2.24, 2.45) is 0 Å². The Balaban J connectivity index is 1.76. The summed E-state index contributed by atoms with van der Waals surface area (Å²) in [6.45, 7) is 2.55. The van der Waals surface area contributed by atoms with Crippen molar-refractivity contribution in [2.45, 2.75) is 19.6 Å². The first kappa shape index (κ1) is 19.8. The van der Waals surface area contributed by atoms with Crippen LogP contribution >= 0.6 is 0 Å². The summed E-state index contributed by atoms with van der Waals surface area (Å²) < 4.78 is 15.8. The normalized spacial score (nSPS) is 10.7. The van der Waals surface area contributed by atoms with E-state index in [0.717, 1.165) is 36.9 Å². The predicted octanol–water partition coefficient (Wildman–Crippen LogP) is 4.91. The third-order valence-corrected chi connectivity index (χ3v) is 4.70. The van der Waals surface area contributed by atoms with Crippen molar-refractivity contribution in [1.82, 2.24) is 4.90 Å². The number of methoxy groups -OCH3 is 3. The molecule has 4 heteroatoms. The van der Waals surface area contributed by atoms with E-state index in [-0.39, 0.29) is 0 Å². The van der Waals surface area contributed by atoms with Crippen molar-refractivity contribution >= 4 is 0 Å². The van der Waals surface area contributed by atoms with E-state index in [1.165, 1.54) is 16.7 Å². The van der Waals surface area contributed by atoms with Crippen LogP contribution in [0.3, 0.4) is 0 Å². The zero-order valence-corrected chi connectivity index (χ0v) is 16.7. The van der Waals surface area contributed by atoms with E-state index in [2.05, 4.69) is 41.3 Å². The fourth-order valence-corrected chi connectivity index (χ4v) is 3.14. The predicted molar refractivity (Wildman–Crippen MR) is 112 cm³/mol. The molecule has 0 aliphatic carbocycles. The van der Waals surface area contributed by atoms with Crippen LogP contribution in [0.2, 0.25) is 0 Å². The van der Waals surface area contributed by atoms with Crippen LogP contribution in [-0.4, -0.2) is 26.2 Å². The minimum Gasteiger partial charge on any atom is -0.497 e. The molecule has 0 radical (unpaired) electrons. The van der Waals surface area contributed by atoms with Gasteiger partial charge in [-0.1, -0.05) is 36.4 Å². The molecule has 0 fully saturated rings. The number of hydrogen-bond donors (Lipinski definition) is 0. The van der Waals surface area contributed by atoms with Crippen LogP contribution in [0, 0.1) is 0 Å². The Labute approximate surface area is 167 Å². The molecule has 3 aromatic carbocycles.